The number of methoxy groups -OCH3 is 1. The number of thiocarbonyl (C=S) groups is 1. The third-order valence-electron chi connectivity index (χ3n) is 4.42. The SMILES string of the molecule is COc1cc(C(=S)N2CCCCC2)cc(Cl)c1OCc1ccc(F)cc1. The van der Waals surface area contributed by atoms with Crippen LogP contribution in [0.5, 0.6) is 11.5 Å². The van der Waals surface area contributed by atoms with E-state index in [0.29, 0.717) is 16.5 Å². The molecule has 0 N–H and O–H groups in total. The molecule has 0 unspecified atom stereocenters. The predicted molar refractivity (Wildman–Crippen MR) is 106 cm³/mol. The summed E-state index contributed by atoms with van der Waals surface area (Å²) in [5, 5.41) is 0.445. The number of halogens is 2. The molecule has 0 saturated carbocycles. The van der Waals surface area contributed by atoms with Crippen molar-refractivity contribution in [3.63, 3.8) is 0 Å². The van der Waals surface area contributed by atoms with E-state index in [9.17, 15) is 4.39 Å². The van der Waals surface area contributed by atoms with Gasteiger partial charge in [-0.1, -0.05) is 36.0 Å². The molecule has 1 fully saturated rings. The van der Waals surface area contributed by atoms with Crippen molar-refractivity contribution in [2.24, 2.45) is 0 Å². The molecule has 0 amide bonds. The quantitative estimate of drug-likeness (QED) is 0.648. The van der Waals surface area contributed by atoms with E-state index in [1.807, 2.05) is 12.1 Å². The summed E-state index contributed by atoms with van der Waals surface area (Å²) in [6, 6.07) is 9.84. The van der Waals surface area contributed by atoms with Crippen LogP contribution in [0.3, 0.4) is 0 Å². The van der Waals surface area contributed by atoms with Crippen molar-refractivity contribution in [3.05, 3.63) is 58.4 Å². The maximum Gasteiger partial charge on any atom is 0.180 e. The molecule has 3 rings (SSSR count). The van der Waals surface area contributed by atoms with E-state index < -0.39 is 0 Å². The summed E-state index contributed by atoms with van der Waals surface area (Å²) in [7, 11) is 1.57. The lowest BCUT2D eigenvalue weighted by molar-refractivity contribution is 0.284. The first-order valence-electron chi connectivity index (χ1n) is 8.62. The fourth-order valence-corrected chi connectivity index (χ4v) is 3.56. The average Bonchev–Trinajstić information content (AvgIpc) is 2.68. The minimum absolute atomic E-state index is 0.270. The van der Waals surface area contributed by atoms with Gasteiger partial charge >= 0.3 is 0 Å². The summed E-state index contributed by atoms with van der Waals surface area (Å²) in [6.07, 6.45) is 3.56. The Bertz CT molecular complexity index is 776. The molecule has 1 heterocycles. The third kappa shape index (κ3) is 4.46. The second-order valence-electron chi connectivity index (χ2n) is 6.26. The number of benzene rings is 2. The number of hydrogen-bond acceptors (Lipinski definition) is 3. The number of ether oxygens (including phenoxy) is 2. The van der Waals surface area contributed by atoms with Gasteiger partial charge in [0.1, 0.15) is 17.4 Å². The monoisotopic (exact) mass is 393 g/mol. The van der Waals surface area contributed by atoms with Gasteiger partial charge < -0.3 is 14.4 Å². The summed E-state index contributed by atoms with van der Waals surface area (Å²) in [4.78, 5) is 3.00. The van der Waals surface area contributed by atoms with E-state index in [-0.39, 0.29) is 12.4 Å². The lowest BCUT2D eigenvalue weighted by Crippen LogP contribution is -2.34. The fourth-order valence-electron chi connectivity index (χ4n) is 3.00. The van der Waals surface area contributed by atoms with Crippen molar-refractivity contribution in [2.75, 3.05) is 20.2 Å². The van der Waals surface area contributed by atoms with E-state index in [0.717, 1.165) is 42.0 Å². The Labute approximate surface area is 163 Å². The first-order valence-corrected chi connectivity index (χ1v) is 9.41. The lowest BCUT2D eigenvalue weighted by Gasteiger charge is -2.29. The van der Waals surface area contributed by atoms with Crippen molar-refractivity contribution >= 4 is 28.8 Å². The van der Waals surface area contributed by atoms with E-state index in [2.05, 4.69) is 4.90 Å². The number of likely N-dealkylation sites (tertiary alicyclic amines) is 1. The average molecular weight is 394 g/mol. The van der Waals surface area contributed by atoms with E-state index in [1.165, 1.54) is 18.6 Å². The second-order valence-corrected chi connectivity index (χ2v) is 7.05. The van der Waals surface area contributed by atoms with Crippen LogP contribution in [-0.4, -0.2) is 30.1 Å². The van der Waals surface area contributed by atoms with Gasteiger partial charge in [0, 0.05) is 18.7 Å². The van der Waals surface area contributed by atoms with Crippen LogP contribution >= 0.6 is 23.8 Å². The van der Waals surface area contributed by atoms with Crippen LogP contribution in [0.15, 0.2) is 36.4 Å². The molecule has 6 heteroatoms. The highest BCUT2D eigenvalue weighted by Gasteiger charge is 2.19. The van der Waals surface area contributed by atoms with Crippen LogP contribution < -0.4 is 9.47 Å². The van der Waals surface area contributed by atoms with Gasteiger partial charge in [-0.25, -0.2) is 4.39 Å². The van der Waals surface area contributed by atoms with Gasteiger partial charge in [0.2, 0.25) is 0 Å². The molecule has 3 nitrogen and oxygen atoms in total. The second kappa shape index (κ2) is 8.69. The fraction of sp³-hybridized carbons (Fsp3) is 0.350. The lowest BCUT2D eigenvalue weighted by atomic mass is 10.1. The summed E-state index contributed by atoms with van der Waals surface area (Å²) in [6.45, 7) is 2.22. The number of nitrogens with zero attached hydrogens (tertiary/aromatic N) is 1. The van der Waals surface area contributed by atoms with Crippen molar-refractivity contribution < 1.29 is 13.9 Å². The Kier molecular flexibility index (Phi) is 6.33. The highest BCUT2D eigenvalue weighted by molar-refractivity contribution is 7.80. The molecule has 0 spiro atoms. The molecule has 0 atom stereocenters. The van der Waals surface area contributed by atoms with Crippen LogP contribution in [0.25, 0.3) is 0 Å². The van der Waals surface area contributed by atoms with Gasteiger partial charge in [0.05, 0.1) is 12.1 Å². The van der Waals surface area contributed by atoms with Gasteiger partial charge in [-0.3, -0.25) is 0 Å². The zero-order valence-electron chi connectivity index (χ0n) is 14.6. The zero-order valence-corrected chi connectivity index (χ0v) is 16.2. The van der Waals surface area contributed by atoms with Crippen molar-refractivity contribution in [3.8, 4) is 11.5 Å². The Morgan fingerprint density at radius 1 is 1.15 bits per heavy atom. The third-order valence-corrected chi connectivity index (χ3v) is 5.19. The van der Waals surface area contributed by atoms with Crippen molar-refractivity contribution in [1.82, 2.24) is 4.90 Å². The molecule has 0 aromatic heterocycles. The highest BCUT2D eigenvalue weighted by atomic mass is 35.5. The largest absolute Gasteiger partial charge is 0.493 e. The molecule has 1 aliphatic heterocycles. The molecule has 2 aromatic rings. The number of rotatable bonds is 5. The molecule has 1 saturated heterocycles. The Balaban J connectivity index is 1.78. The molecular formula is C20H21ClFNO2S. The van der Waals surface area contributed by atoms with Crippen LogP contribution in [0.4, 0.5) is 4.39 Å². The van der Waals surface area contributed by atoms with Crippen LogP contribution in [-0.2, 0) is 6.61 Å². The Hall–Kier alpha value is -1.85. The van der Waals surface area contributed by atoms with Gasteiger partial charge in [-0.15, -0.1) is 0 Å². The van der Waals surface area contributed by atoms with Crippen LogP contribution in [0.2, 0.25) is 5.02 Å². The topological polar surface area (TPSA) is 21.7 Å². The van der Waals surface area contributed by atoms with Crippen LogP contribution in [0.1, 0.15) is 30.4 Å². The summed E-state index contributed by atoms with van der Waals surface area (Å²) in [5.41, 5.74) is 1.70. The maximum absolute atomic E-state index is 13.0. The molecule has 1 aliphatic rings. The molecular weight excluding hydrogens is 373 g/mol. The minimum Gasteiger partial charge on any atom is -0.493 e. The zero-order chi connectivity index (χ0) is 18.5. The van der Waals surface area contributed by atoms with Gasteiger partial charge in [0.15, 0.2) is 11.5 Å². The van der Waals surface area contributed by atoms with E-state index in [1.54, 1.807) is 19.2 Å². The molecule has 0 bridgehead atoms. The maximum atomic E-state index is 13.0. The Morgan fingerprint density at radius 2 is 1.85 bits per heavy atom. The molecule has 0 radical (unpaired) electrons. The molecule has 0 aliphatic carbocycles. The normalized spacial score (nSPS) is 14.2. The van der Waals surface area contributed by atoms with Crippen molar-refractivity contribution in [1.29, 1.82) is 0 Å². The first kappa shape index (κ1) is 18.9. The van der Waals surface area contributed by atoms with Crippen molar-refractivity contribution in [2.45, 2.75) is 25.9 Å². The summed E-state index contributed by atoms with van der Waals surface area (Å²) in [5.74, 6) is 0.720. The molecule has 2 aromatic carbocycles. The van der Waals surface area contributed by atoms with E-state index >= 15 is 0 Å². The predicted octanol–water partition coefficient (Wildman–Crippen LogP) is 5.23. The number of hydrogen-bond donors (Lipinski definition) is 0. The summed E-state index contributed by atoms with van der Waals surface area (Å²) >= 11 is 12.1. The summed E-state index contributed by atoms with van der Waals surface area (Å²) < 4.78 is 24.3. The van der Waals surface area contributed by atoms with Gasteiger partial charge in [-0.05, 0) is 49.1 Å². The number of piperidine rings is 1. The standard InChI is InChI=1S/C20H21ClFNO2S/c1-24-18-12-15(20(26)23-9-3-2-4-10-23)11-17(21)19(18)25-13-14-5-7-16(22)8-6-14/h5-8,11-12H,2-4,9-10,13H2,1H3. The van der Waals surface area contributed by atoms with Gasteiger partial charge in [-0.2, -0.15) is 0 Å². The van der Waals surface area contributed by atoms with Crippen LogP contribution in [0, 0.1) is 5.82 Å². The molecule has 138 valence electrons. The smallest absolute Gasteiger partial charge is 0.180 e. The highest BCUT2D eigenvalue weighted by Crippen LogP contribution is 2.37. The van der Waals surface area contributed by atoms with E-state index in [4.69, 9.17) is 33.3 Å². The van der Waals surface area contributed by atoms with Gasteiger partial charge in [0.25, 0.3) is 0 Å². The first-order chi connectivity index (χ1) is 12.6. The minimum atomic E-state index is -0.278. The molecule has 26 heavy (non-hydrogen) atoms. The Morgan fingerprint density at radius 3 is 2.50 bits per heavy atom.